The van der Waals surface area contributed by atoms with Gasteiger partial charge >= 0.3 is 5.97 Å². The normalized spacial score (nSPS) is 17.0. The molecule has 0 fully saturated rings. The van der Waals surface area contributed by atoms with Gasteiger partial charge in [-0.05, 0) is 106 Å². The van der Waals surface area contributed by atoms with Crippen molar-refractivity contribution in [1.29, 1.82) is 0 Å². The van der Waals surface area contributed by atoms with Crippen molar-refractivity contribution in [3.8, 4) is 28.4 Å². The molecule has 4 atom stereocenters. The van der Waals surface area contributed by atoms with Crippen LogP contribution in [0.15, 0.2) is 134 Å². The van der Waals surface area contributed by atoms with Gasteiger partial charge in [0, 0.05) is 31.4 Å². The van der Waals surface area contributed by atoms with E-state index in [1.165, 1.54) is 0 Å². The van der Waals surface area contributed by atoms with Crippen molar-refractivity contribution in [2.45, 2.75) is 63.6 Å². The summed E-state index contributed by atoms with van der Waals surface area (Å²) in [4.78, 5) is 33.3. The zero-order chi connectivity index (χ0) is 40.9. The molecular weight excluding hydrogens is 785 g/mol. The number of hydrogen-bond donors (Lipinski definition) is 2. The van der Waals surface area contributed by atoms with E-state index < -0.39 is 18.1 Å². The van der Waals surface area contributed by atoms with Gasteiger partial charge in [-0.25, -0.2) is 4.79 Å². The van der Waals surface area contributed by atoms with Gasteiger partial charge < -0.3 is 24.6 Å². The van der Waals surface area contributed by atoms with Gasteiger partial charge in [0.05, 0.1) is 16.1 Å². The number of ether oxygens (including phenoxy) is 3. The van der Waals surface area contributed by atoms with E-state index in [0.29, 0.717) is 53.5 Å². The van der Waals surface area contributed by atoms with Gasteiger partial charge in [-0.15, -0.1) is 0 Å². The Balaban J connectivity index is 0.992. The van der Waals surface area contributed by atoms with Crippen molar-refractivity contribution < 1.29 is 28.9 Å². The third-order valence-corrected chi connectivity index (χ3v) is 11.8. The van der Waals surface area contributed by atoms with Crippen LogP contribution in [0, 0.1) is 0 Å². The predicted octanol–water partition coefficient (Wildman–Crippen LogP) is 9.84. The number of aliphatic carboxylic acids is 1. The molecule has 0 saturated carbocycles. The zero-order valence-corrected chi connectivity index (χ0v) is 33.9. The maximum Gasteiger partial charge on any atom is 0.326 e. The van der Waals surface area contributed by atoms with Crippen molar-refractivity contribution in [3.05, 3.63) is 177 Å². The number of rotatable bonds is 13. The lowest BCUT2D eigenvalue weighted by molar-refractivity contribution is -0.143. The van der Waals surface area contributed by atoms with Crippen LogP contribution in [0.1, 0.15) is 58.9 Å². The third kappa shape index (κ3) is 9.23. The van der Waals surface area contributed by atoms with Crippen LogP contribution in [0.25, 0.3) is 11.1 Å². The molecule has 0 aliphatic carbocycles. The highest BCUT2D eigenvalue weighted by atomic mass is 35.5. The number of aromatic nitrogens is 1. The molecule has 6 aromatic rings. The van der Waals surface area contributed by atoms with Crippen LogP contribution in [0.3, 0.4) is 0 Å². The average Bonchev–Trinajstić information content (AvgIpc) is 3.26. The summed E-state index contributed by atoms with van der Waals surface area (Å²) >= 11 is 12.2. The van der Waals surface area contributed by atoms with Gasteiger partial charge in [-0.1, -0.05) is 103 Å². The molecule has 1 amide bonds. The summed E-state index contributed by atoms with van der Waals surface area (Å²) in [6.07, 6.45) is 4.40. The van der Waals surface area contributed by atoms with E-state index in [0.717, 1.165) is 50.9 Å². The predicted molar refractivity (Wildman–Crippen MR) is 228 cm³/mol. The summed E-state index contributed by atoms with van der Waals surface area (Å²) in [7, 11) is 0. The summed E-state index contributed by atoms with van der Waals surface area (Å²) in [6, 6.07) is 37.1. The quantitative estimate of drug-likeness (QED) is 0.119. The fraction of sp³-hybridized carbons (Fsp3) is 0.229. The van der Waals surface area contributed by atoms with Crippen molar-refractivity contribution >= 4 is 35.1 Å². The lowest BCUT2D eigenvalue weighted by atomic mass is 9.89. The zero-order valence-electron chi connectivity index (χ0n) is 32.4. The van der Waals surface area contributed by atoms with E-state index in [1.54, 1.807) is 24.5 Å². The molecule has 300 valence electrons. The molecule has 8 rings (SSSR count). The van der Waals surface area contributed by atoms with E-state index in [1.807, 2.05) is 97.1 Å². The first-order chi connectivity index (χ1) is 28.7. The Bertz CT molecular complexity index is 2420. The molecule has 0 radical (unpaired) electrons. The molecule has 0 bridgehead atoms. The van der Waals surface area contributed by atoms with Crippen molar-refractivity contribution in [2.24, 2.45) is 0 Å². The summed E-state index contributed by atoms with van der Waals surface area (Å²) in [5.74, 6) is 0.539. The van der Waals surface area contributed by atoms with Gasteiger partial charge in [0.15, 0.2) is 17.6 Å². The van der Waals surface area contributed by atoms with Crippen molar-refractivity contribution in [1.82, 2.24) is 15.2 Å². The van der Waals surface area contributed by atoms with Gasteiger partial charge in [-0.2, -0.15) is 0 Å². The molecule has 1 unspecified atom stereocenters. The molecule has 0 spiro atoms. The number of nitrogens with zero attached hydrogens (tertiary/aromatic N) is 2. The number of nitrogens with one attached hydrogen (secondary N) is 1. The average molecular weight is 829 g/mol. The molecule has 11 heteroatoms. The second kappa shape index (κ2) is 18.0. The van der Waals surface area contributed by atoms with E-state index in [-0.39, 0.29) is 24.5 Å². The van der Waals surface area contributed by atoms with E-state index in [4.69, 9.17) is 37.4 Å². The maximum atomic E-state index is 14.4. The van der Waals surface area contributed by atoms with Gasteiger partial charge in [0.1, 0.15) is 25.0 Å². The van der Waals surface area contributed by atoms with Crippen LogP contribution < -0.4 is 19.5 Å². The molecule has 5 aromatic carbocycles. The molecule has 2 aliphatic rings. The molecule has 2 aliphatic heterocycles. The lowest BCUT2D eigenvalue weighted by Crippen LogP contribution is -2.55. The smallest absolute Gasteiger partial charge is 0.326 e. The fourth-order valence-electron chi connectivity index (χ4n) is 7.90. The SMILES string of the molecule is CC[C@@H](c1ccccc1)N1Cc2cc3c(cc2C[C@H]1C(=O)NC(Cc1ccc(-c2ccncc2)cc1)C(=O)O)OC[C@H](c1ccc(OCc2ccc(Cl)c(Cl)c2)cc1)O3. The standard InChI is InChI=1S/C48H43Cl2N3O6/c1-2-42(34-6-4-3-5-7-34)53-27-37-26-45-44(58-29-46(59-45)35-13-15-38(16-14-35)57-28-31-10-17-39(49)40(50)22-31)25-36(37)24-43(53)47(54)52-41(48(55)56)23-30-8-11-32(12-9-30)33-18-20-51-21-19-33/h3-22,25-26,41-43,46H,2,23-24,27-29H2,1H3,(H,52,54)(H,55,56)/t41?,42-,43-,46+/m0/s1. The van der Waals surface area contributed by atoms with Gasteiger partial charge in [0.25, 0.3) is 0 Å². The molecule has 0 saturated heterocycles. The topological polar surface area (TPSA) is 110 Å². The monoisotopic (exact) mass is 827 g/mol. The number of hydrogen-bond acceptors (Lipinski definition) is 7. The minimum atomic E-state index is -1.12. The highest BCUT2D eigenvalue weighted by Crippen LogP contribution is 2.42. The van der Waals surface area contributed by atoms with E-state index in [2.05, 4.69) is 34.3 Å². The van der Waals surface area contributed by atoms with Crippen LogP contribution >= 0.6 is 23.2 Å². The van der Waals surface area contributed by atoms with Crippen LogP contribution in [0.2, 0.25) is 10.0 Å². The number of carboxylic acids is 1. The Hall–Kier alpha value is -5.87. The highest BCUT2D eigenvalue weighted by molar-refractivity contribution is 6.42. The first-order valence-corrected chi connectivity index (χ1v) is 20.4. The largest absolute Gasteiger partial charge is 0.489 e. The van der Waals surface area contributed by atoms with E-state index >= 15 is 0 Å². The molecular formula is C48H43Cl2N3O6. The summed E-state index contributed by atoms with van der Waals surface area (Å²) in [6.45, 7) is 3.22. The number of halogens is 2. The highest BCUT2D eigenvalue weighted by Gasteiger charge is 2.38. The number of amides is 1. The second-order valence-corrected chi connectivity index (χ2v) is 15.7. The number of benzene rings is 5. The number of carboxylic acid groups (broad SMARTS) is 1. The van der Waals surface area contributed by atoms with Crippen molar-refractivity contribution in [2.75, 3.05) is 6.61 Å². The molecule has 3 heterocycles. The maximum absolute atomic E-state index is 14.4. The Morgan fingerprint density at radius 3 is 2.27 bits per heavy atom. The second-order valence-electron chi connectivity index (χ2n) is 14.9. The van der Waals surface area contributed by atoms with Crippen LogP contribution in [0.4, 0.5) is 0 Å². The van der Waals surface area contributed by atoms with Gasteiger partial charge in [-0.3, -0.25) is 14.7 Å². The molecule has 59 heavy (non-hydrogen) atoms. The number of fused-ring (bicyclic) bond motifs is 2. The summed E-state index contributed by atoms with van der Waals surface area (Å²) in [5, 5.41) is 14.2. The van der Waals surface area contributed by atoms with Crippen LogP contribution in [0.5, 0.6) is 17.2 Å². The molecule has 1 aromatic heterocycles. The Morgan fingerprint density at radius 2 is 1.56 bits per heavy atom. The van der Waals surface area contributed by atoms with E-state index in [9.17, 15) is 14.7 Å². The fourth-order valence-corrected chi connectivity index (χ4v) is 8.22. The summed E-state index contributed by atoms with van der Waals surface area (Å²) < 4.78 is 18.8. The van der Waals surface area contributed by atoms with Crippen LogP contribution in [-0.2, 0) is 35.6 Å². The Labute approximate surface area is 353 Å². The minimum Gasteiger partial charge on any atom is -0.489 e. The van der Waals surface area contributed by atoms with Gasteiger partial charge in [0.2, 0.25) is 5.91 Å². The number of pyridine rings is 1. The molecule has 2 N–H and O–H groups in total. The molecule has 9 nitrogen and oxygen atoms in total. The minimum absolute atomic E-state index is 0.0949. The third-order valence-electron chi connectivity index (χ3n) is 11.0. The number of carbonyl (C=O) groups excluding carboxylic acids is 1. The van der Waals surface area contributed by atoms with Crippen LogP contribution in [-0.4, -0.2) is 45.6 Å². The Morgan fingerprint density at radius 1 is 0.847 bits per heavy atom. The first kappa shape index (κ1) is 39.9. The van der Waals surface area contributed by atoms with Crippen molar-refractivity contribution in [3.63, 3.8) is 0 Å². The number of carbonyl (C=O) groups is 2. The Kier molecular flexibility index (Phi) is 12.2. The lowest BCUT2D eigenvalue weighted by Gasteiger charge is -2.42. The summed E-state index contributed by atoms with van der Waals surface area (Å²) in [5.41, 5.74) is 7.76. The first-order valence-electron chi connectivity index (χ1n) is 19.7.